The monoisotopic (exact) mass is 650 g/mol. The van der Waals surface area contributed by atoms with Gasteiger partial charge in [-0.25, -0.2) is 15.0 Å². The van der Waals surface area contributed by atoms with E-state index in [1.165, 1.54) is 32.3 Å². The second-order valence-electron chi connectivity index (χ2n) is 12.9. The van der Waals surface area contributed by atoms with Crippen molar-refractivity contribution >= 4 is 43.4 Å². The molecule has 0 N–H and O–H groups in total. The van der Waals surface area contributed by atoms with E-state index in [0.29, 0.717) is 17.5 Å². The van der Waals surface area contributed by atoms with Crippen molar-refractivity contribution in [2.75, 3.05) is 0 Å². The van der Waals surface area contributed by atoms with Crippen molar-refractivity contribution in [2.45, 2.75) is 0 Å². The van der Waals surface area contributed by atoms with Crippen molar-refractivity contribution in [3.63, 3.8) is 0 Å². The second-order valence-corrected chi connectivity index (χ2v) is 12.9. The summed E-state index contributed by atoms with van der Waals surface area (Å²) in [5.41, 5.74) is 8.33. The third-order valence-electron chi connectivity index (χ3n) is 9.81. The molecule has 0 amide bonds. The van der Waals surface area contributed by atoms with Gasteiger partial charge < -0.3 is 4.57 Å². The average Bonchev–Trinajstić information content (AvgIpc) is 3.54. The van der Waals surface area contributed by atoms with Gasteiger partial charge in [-0.1, -0.05) is 152 Å². The van der Waals surface area contributed by atoms with Gasteiger partial charge in [-0.3, -0.25) is 0 Å². The zero-order valence-electron chi connectivity index (χ0n) is 27.6. The van der Waals surface area contributed by atoms with Crippen LogP contribution < -0.4 is 0 Å². The van der Waals surface area contributed by atoms with Crippen molar-refractivity contribution in [3.8, 4) is 51.0 Å². The summed E-state index contributed by atoms with van der Waals surface area (Å²) >= 11 is 0. The molecule has 0 saturated carbocycles. The predicted octanol–water partition coefficient (Wildman–Crippen LogP) is 11.9. The van der Waals surface area contributed by atoms with Crippen LogP contribution in [0.25, 0.3) is 94.3 Å². The van der Waals surface area contributed by atoms with Crippen LogP contribution in [-0.4, -0.2) is 19.5 Å². The van der Waals surface area contributed by atoms with Gasteiger partial charge in [-0.05, 0) is 63.0 Å². The molecule has 10 rings (SSSR count). The quantitative estimate of drug-likeness (QED) is 0.186. The third-order valence-corrected chi connectivity index (χ3v) is 9.81. The van der Waals surface area contributed by atoms with E-state index in [0.717, 1.165) is 44.5 Å². The molecule has 0 aliphatic carbocycles. The minimum absolute atomic E-state index is 0.619. The number of nitrogens with zero attached hydrogens (tertiary/aromatic N) is 4. The highest BCUT2D eigenvalue weighted by molar-refractivity contribution is 6.23. The third kappa shape index (κ3) is 4.96. The highest BCUT2D eigenvalue weighted by Crippen LogP contribution is 2.42. The summed E-state index contributed by atoms with van der Waals surface area (Å²) in [7, 11) is 0. The Bertz CT molecular complexity index is 2840. The van der Waals surface area contributed by atoms with Crippen LogP contribution in [-0.2, 0) is 0 Å². The number of hydrogen-bond donors (Lipinski definition) is 0. The first-order valence-electron chi connectivity index (χ1n) is 17.2. The molecule has 8 aromatic carbocycles. The van der Waals surface area contributed by atoms with Crippen molar-refractivity contribution < 1.29 is 0 Å². The van der Waals surface area contributed by atoms with E-state index in [1.807, 2.05) is 36.4 Å². The first-order chi connectivity index (χ1) is 25.3. The van der Waals surface area contributed by atoms with Crippen LogP contribution in [0.5, 0.6) is 0 Å². The van der Waals surface area contributed by atoms with E-state index >= 15 is 0 Å². The number of benzene rings is 8. The number of fused-ring (bicyclic) bond motifs is 6. The summed E-state index contributed by atoms with van der Waals surface area (Å²) in [6.45, 7) is 0. The van der Waals surface area contributed by atoms with Gasteiger partial charge in [0.05, 0.1) is 16.7 Å². The molecule has 0 unspecified atom stereocenters. The molecule has 0 saturated heterocycles. The minimum atomic E-state index is 0.619. The SMILES string of the molecule is c1ccc(-c2ccc(-c3nc(-c4ccccc4)nc(-c4ccccc4)n3)c(-n3c4cc5ccccc5cc4c4c5ccccc5ccc43)c2)cc1. The fraction of sp³-hybridized carbons (Fsp3) is 0. The summed E-state index contributed by atoms with van der Waals surface area (Å²) < 4.78 is 2.42. The summed E-state index contributed by atoms with van der Waals surface area (Å²) in [5.74, 6) is 1.89. The number of aromatic nitrogens is 4. The van der Waals surface area contributed by atoms with Gasteiger partial charge in [0, 0.05) is 27.5 Å². The van der Waals surface area contributed by atoms with Crippen LogP contribution in [0.4, 0.5) is 0 Å². The molecule has 0 fully saturated rings. The summed E-state index contributed by atoms with van der Waals surface area (Å²) in [4.78, 5) is 15.4. The van der Waals surface area contributed by atoms with Gasteiger partial charge in [0.15, 0.2) is 17.5 Å². The maximum Gasteiger partial charge on any atom is 0.166 e. The fourth-order valence-electron chi connectivity index (χ4n) is 7.38. The lowest BCUT2D eigenvalue weighted by molar-refractivity contribution is 1.06. The normalized spacial score (nSPS) is 11.5. The van der Waals surface area contributed by atoms with Gasteiger partial charge in [-0.15, -0.1) is 0 Å². The summed E-state index contributed by atoms with van der Waals surface area (Å²) in [5, 5.41) is 7.29. The molecule has 10 aromatic rings. The average molecular weight is 651 g/mol. The molecule has 0 atom stereocenters. The van der Waals surface area contributed by atoms with Crippen molar-refractivity contribution in [3.05, 3.63) is 182 Å². The van der Waals surface area contributed by atoms with Gasteiger partial charge in [0.1, 0.15) is 0 Å². The standard InChI is InChI=1S/C47H30N4/c1-4-14-31(15-5-1)37-24-26-39(47-49-45(33-17-6-2-7-18-33)48-46(50-47)34-19-8-3-9-20-34)42(30-37)51-41-27-25-32-16-12-13-23-38(32)44(41)40-28-35-21-10-11-22-36(35)29-43(40)51/h1-30H. The summed E-state index contributed by atoms with van der Waals surface area (Å²) in [6.07, 6.45) is 0. The smallest absolute Gasteiger partial charge is 0.166 e. The van der Waals surface area contributed by atoms with Crippen LogP contribution >= 0.6 is 0 Å². The Morgan fingerprint density at radius 2 is 0.882 bits per heavy atom. The molecule has 0 aliphatic heterocycles. The van der Waals surface area contributed by atoms with Crippen LogP contribution in [0.3, 0.4) is 0 Å². The summed E-state index contributed by atoms with van der Waals surface area (Å²) in [6, 6.07) is 64.0. The molecule has 0 aliphatic rings. The van der Waals surface area contributed by atoms with Crippen molar-refractivity contribution in [2.24, 2.45) is 0 Å². The Balaban J connectivity index is 1.34. The Morgan fingerprint density at radius 3 is 1.55 bits per heavy atom. The van der Waals surface area contributed by atoms with Gasteiger partial charge >= 0.3 is 0 Å². The first kappa shape index (κ1) is 29.0. The highest BCUT2D eigenvalue weighted by atomic mass is 15.1. The highest BCUT2D eigenvalue weighted by Gasteiger charge is 2.21. The maximum absolute atomic E-state index is 5.20. The van der Waals surface area contributed by atoms with E-state index < -0.39 is 0 Å². The lowest BCUT2D eigenvalue weighted by Gasteiger charge is -2.17. The molecule has 0 bridgehead atoms. The second kappa shape index (κ2) is 11.9. The predicted molar refractivity (Wildman–Crippen MR) is 211 cm³/mol. The molecule has 51 heavy (non-hydrogen) atoms. The molecule has 238 valence electrons. The van der Waals surface area contributed by atoms with E-state index in [-0.39, 0.29) is 0 Å². The van der Waals surface area contributed by atoms with Crippen molar-refractivity contribution in [1.82, 2.24) is 19.5 Å². The fourth-order valence-corrected chi connectivity index (χ4v) is 7.38. The minimum Gasteiger partial charge on any atom is -0.308 e. The Kier molecular flexibility index (Phi) is 6.78. The zero-order valence-corrected chi connectivity index (χ0v) is 27.6. The largest absolute Gasteiger partial charge is 0.308 e. The van der Waals surface area contributed by atoms with Crippen LogP contribution in [0, 0.1) is 0 Å². The van der Waals surface area contributed by atoms with E-state index in [1.54, 1.807) is 0 Å². The van der Waals surface area contributed by atoms with Gasteiger partial charge in [-0.2, -0.15) is 0 Å². The molecule has 2 heterocycles. The first-order valence-corrected chi connectivity index (χ1v) is 17.2. The lowest BCUT2D eigenvalue weighted by atomic mass is 10.0. The lowest BCUT2D eigenvalue weighted by Crippen LogP contribution is -2.04. The number of hydrogen-bond acceptors (Lipinski definition) is 3. The molecular weight excluding hydrogens is 621 g/mol. The molecule has 2 aromatic heterocycles. The van der Waals surface area contributed by atoms with E-state index in [9.17, 15) is 0 Å². The Morgan fingerprint density at radius 1 is 0.333 bits per heavy atom. The van der Waals surface area contributed by atoms with Crippen LogP contribution in [0.2, 0.25) is 0 Å². The molecular formula is C47H30N4. The zero-order chi connectivity index (χ0) is 33.7. The molecule has 4 nitrogen and oxygen atoms in total. The molecule has 4 heteroatoms. The van der Waals surface area contributed by atoms with Crippen LogP contribution in [0.15, 0.2) is 182 Å². The van der Waals surface area contributed by atoms with Gasteiger partial charge in [0.2, 0.25) is 0 Å². The molecule has 0 radical (unpaired) electrons. The Labute approximate surface area is 295 Å². The van der Waals surface area contributed by atoms with E-state index in [2.05, 4.69) is 150 Å². The van der Waals surface area contributed by atoms with Crippen LogP contribution in [0.1, 0.15) is 0 Å². The Hall–Kier alpha value is -6.91. The van der Waals surface area contributed by atoms with Gasteiger partial charge in [0.25, 0.3) is 0 Å². The van der Waals surface area contributed by atoms with Crippen molar-refractivity contribution in [1.29, 1.82) is 0 Å². The van der Waals surface area contributed by atoms with E-state index in [4.69, 9.17) is 15.0 Å². The number of rotatable bonds is 5. The maximum atomic E-state index is 5.20. The topological polar surface area (TPSA) is 43.6 Å². The molecule has 0 spiro atoms.